The molecule has 0 saturated carbocycles. The number of nitrogens with two attached hydrogens (primary N) is 1. The fourth-order valence-corrected chi connectivity index (χ4v) is 4.99. The molecule has 3 aromatic heterocycles. The quantitative estimate of drug-likeness (QED) is 0.410. The second kappa shape index (κ2) is 7.27. The lowest BCUT2D eigenvalue weighted by Gasteiger charge is -2.38. The summed E-state index contributed by atoms with van der Waals surface area (Å²) >= 11 is 0. The number of likely N-dealkylation sites (tertiary alicyclic amines) is 1. The maximum Gasteiger partial charge on any atom is 0.416 e. The van der Waals surface area contributed by atoms with Crippen LogP contribution >= 0.6 is 0 Å². The van der Waals surface area contributed by atoms with E-state index in [1.807, 2.05) is 0 Å². The second-order valence-corrected chi connectivity index (χ2v) is 8.75. The molecule has 2 aliphatic rings. The van der Waals surface area contributed by atoms with Crippen LogP contribution in [0.25, 0.3) is 16.6 Å². The highest BCUT2D eigenvalue weighted by Crippen LogP contribution is 2.47. The molecule has 2 unspecified atom stereocenters. The van der Waals surface area contributed by atoms with Crippen molar-refractivity contribution < 1.29 is 27.1 Å². The first kappa shape index (κ1) is 21.6. The van der Waals surface area contributed by atoms with E-state index in [1.54, 1.807) is 17.7 Å². The van der Waals surface area contributed by atoms with Crippen molar-refractivity contribution in [1.82, 2.24) is 24.3 Å². The van der Waals surface area contributed by atoms with Gasteiger partial charge in [0.05, 0.1) is 35.6 Å². The summed E-state index contributed by atoms with van der Waals surface area (Å²) in [5.74, 6) is -0.295. The van der Waals surface area contributed by atoms with Gasteiger partial charge in [0.2, 0.25) is 0 Å². The number of amides is 1. The number of hydrogen-bond donors (Lipinski definition) is 1. The maximum absolute atomic E-state index is 14.6. The molecular weight excluding hydrogens is 468 g/mol. The Morgan fingerprint density at radius 1 is 1.23 bits per heavy atom. The van der Waals surface area contributed by atoms with Crippen molar-refractivity contribution in [2.45, 2.75) is 37.8 Å². The zero-order chi connectivity index (χ0) is 24.6. The highest BCUT2D eigenvalue weighted by Gasteiger charge is 2.47. The minimum absolute atomic E-state index is 0.00321. The van der Waals surface area contributed by atoms with E-state index in [4.69, 9.17) is 10.5 Å². The molecule has 4 aromatic rings. The molecule has 3 atom stereocenters. The topological polar surface area (TPSA) is 98.6 Å². The van der Waals surface area contributed by atoms with E-state index in [-0.39, 0.29) is 30.2 Å². The fourth-order valence-electron chi connectivity index (χ4n) is 4.99. The summed E-state index contributed by atoms with van der Waals surface area (Å²) in [6, 6.07) is 3.92. The van der Waals surface area contributed by atoms with Gasteiger partial charge in [0.15, 0.2) is 5.82 Å². The third-order valence-electron chi connectivity index (χ3n) is 6.54. The van der Waals surface area contributed by atoms with E-state index in [1.165, 1.54) is 23.2 Å². The van der Waals surface area contributed by atoms with Gasteiger partial charge in [0.1, 0.15) is 41.1 Å². The van der Waals surface area contributed by atoms with Crippen LogP contribution in [-0.4, -0.2) is 49.0 Å². The summed E-state index contributed by atoms with van der Waals surface area (Å²) in [6.07, 6.45) is -3.82. The Bertz CT molecular complexity index is 1520. The largest absolute Gasteiger partial charge is 0.487 e. The van der Waals surface area contributed by atoms with E-state index in [0.29, 0.717) is 27.8 Å². The third kappa shape index (κ3) is 3.27. The molecule has 8 nitrogen and oxygen atoms in total. The number of anilines is 1. The maximum atomic E-state index is 14.6. The number of ether oxygens (including phenoxy) is 1. The Labute approximate surface area is 195 Å². The van der Waals surface area contributed by atoms with Crippen LogP contribution in [-0.2, 0) is 6.18 Å². The normalized spacial score (nSPS) is 21.7. The van der Waals surface area contributed by atoms with Gasteiger partial charge in [-0.3, -0.25) is 9.20 Å². The van der Waals surface area contributed by atoms with Crippen LogP contribution in [0.2, 0.25) is 0 Å². The van der Waals surface area contributed by atoms with Crippen molar-refractivity contribution in [3.05, 3.63) is 59.3 Å². The molecule has 1 saturated heterocycles. The molecule has 180 valence electrons. The highest BCUT2D eigenvalue weighted by molar-refractivity contribution is 5.96. The average Bonchev–Trinajstić information content (AvgIpc) is 3.37. The first-order chi connectivity index (χ1) is 16.6. The van der Waals surface area contributed by atoms with Gasteiger partial charge in [-0.05, 0) is 25.1 Å². The lowest BCUT2D eigenvalue weighted by atomic mass is 9.92. The van der Waals surface area contributed by atoms with Gasteiger partial charge < -0.3 is 15.4 Å². The van der Waals surface area contributed by atoms with Crippen LogP contribution in [0.5, 0.6) is 5.75 Å². The summed E-state index contributed by atoms with van der Waals surface area (Å²) in [4.78, 5) is 27.7. The molecule has 1 aromatic carbocycles. The van der Waals surface area contributed by atoms with Crippen molar-refractivity contribution in [3.63, 3.8) is 0 Å². The molecule has 6 rings (SSSR count). The van der Waals surface area contributed by atoms with Gasteiger partial charge in [-0.15, -0.1) is 0 Å². The van der Waals surface area contributed by atoms with Crippen LogP contribution in [0.15, 0.2) is 36.8 Å². The van der Waals surface area contributed by atoms with Crippen molar-refractivity contribution in [2.75, 3.05) is 12.3 Å². The zero-order valence-electron chi connectivity index (χ0n) is 18.3. The minimum atomic E-state index is -4.55. The summed E-state index contributed by atoms with van der Waals surface area (Å²) in [6.45, 7) is 1.55. The summed E-state index contributed by atoms with van der Waals surface area (Å²) < 4.78 is 61.5. The molecule has 35 heavy (non-hydrogen) atoms. The van der Waals surface area contributed by atoms with Crippen LogP contribution in [0.3, 0.4) is 0 Å². The Morgan fingerprint density at radius 3 is 2.80 bits per heavy atom. The van der Waals surface area contributed by atoms with Crippen LogP contribution in [0, 0.1) is 6.92 Å². The van der Waals surface area contributed by atoms with Gasteiger partial charge in [-0.2, -0.15) is 13.2 Å². The zero-order valence-corrected chi connectivity index (χ0v) is 18.3. The predicted molar refractivity (Wildman–Crippen MR) is 117 cm³/mol. The molecule has 0 aliphatic carbocycles. The number of pyridine rings is 1. The Balaban J connectivity index is 1.42. The summed E-state index contributed by atoms with van der Waals surface area (Å²) in [7, 11) is 0. The molecule has 1 fully saturated rings. The van der Waals surface area contributed by atoms with Crippen molar-refractivity contribution >= 4 is 28.3 Å². The van der Waals surface area contributed by atoms with Crippen molar-refractivity contribution in [2.24, 2.45) is 0 Å². The standard InChI is InChI=1S/C23H18F4N6O2/c1-10-19-21(28)31-15-7-29-14(6-16(15)33(19)9-30-10)22(34)32-8-12(24)5-18-20(32)13-3-2-11(23(25,26)27)4-17(13)35-18/h2-4,6-7,9,12,18,20H,5,8H2,1H3,(H2,28,31)/t12-,18?,20?/m1/s1. The van der Waals surface area contributed by atoms with E-state index in [2.05, 4.69) is 15.0 Å². The molecule has 0 spiro atoms. The number of rotatable bonds is 1. The molecule has 5 heterocycles. The number of nitrogen functional groups attached to an aromatic ring is 1. The van der Waals surface area contributed by atoms with Crippen molar-refractivity contribution in [1.29, 1.82) is 0 Å². The number of carbonyl (C=O) groups excluding carboxylic acids is 1. The monoisotopic (exact) mass is 486 g/mol. The van der Waals surface area contributed by atoms with Crippen LogP contribution in [0.1, 0.15) is 39.8 Å². The first-order valence-electron chi connectivity index (χ1n) is 10.8. The van der Waals surface area contributed by atoms with Gasteiger partial charge >= 0.3 is 6.18 Å². The average molecular weight is 486 g/mol. The number of aryl methyl sites for hydroxylation is 1. The number of alkyl halides is 4. The van der Waals surface area contributed by atoms with E-state index in [0.717, 1.165) is 12.1 Å². The third-order valence-corrected chi connectivity index (χ3v) is 6.54. The Hall–Kier alpha value is -3.96. The predicted octanol–water partition coefficient (Wildman–Crippen LogP) is 3.87. The fraction of sp³-hybridized carbons (Fsp3) is 0.304. The number of carbonyl (C=O) groups is 1. The number of halogens is 4. The number of benzene rings is 1. The lowest BCUT2D eigenvalue weighted by Crippen LogP contribution is -2.49. The number of fused-ring (bicyclic) bond motifs is 6. The molecule has 12 heteroatoms. The summed E-state index contributed by atoms with van der Waals surface area (Å²) in [5.41, 5.74) is 7.86. The second-order valence-electron chi connectivity index (χ2n) is 8.75. The number of hydrogen-bond acceptors (Lipinski definition) is 6. The number of aromatic nitrogens is 4. The Morgan fingerprint density at radius 2 is 2.03 bits per heavy atom. The molecule has 2 aliphatic heterocycles. The highest BCUT2D eigenvalue weighted by atomic mass is 19.4. The van der Waals surface area contributed by atoms with Gasteiger partial charge in [-0.1, -0.05) is 6.07 Å². The number of imidazole rings is 1. The smallest absolute Gasteiger partial charge is 0.416 e. The molecular formula is C23H18F4N6O2. The van der Waals surface area contributed by atoms with Crippen molar-refractivity contribution in [3.8, 4) is 5.75 Å². The van der Waals surface area contributed by atoms with Gasteiger partial charge in [-0.25, -0.2) is 19.3 Å². The van der Waals surface area contributed by atoms with E-state index < -0.39 is 36.0 Å². The lowest BCUT2D eigenvalue weighted by molar-refractivity contribution is -0.137. The number of nitrogens with zero attached hydrogens (tertiary/aromatic N) is 5. The van der Waals surface area contributed by atoms with Gasteiger partial charge in [0.25, 0.3) is 5.91 Å². The molecule has 1 amide bonds. The van der Waals surface area contributed by atoms with Gasteiger partial charge in [0, 0.05) is 12.0 Å². The molecule has 2 N–H and O–H groups in total. The SMILES string of the molecule is Cc1ncn2c1c(N)nc1cnc(C(=O)N3C[C@H](F)CC4Oc5cc(C(F)(F)F)ccc5C43)cc12. The number of piperidine rings is 1. The molecule has 0 bridgehead atoms. The summed E-state index contributed by atoms with van der Waals surface area (Å²) in [5, 5.41) is 0. The van der Waals surface area contributed by atoms with E-state index in [9.17, 15) is 22.4 Å². The minimum Gasteiger partial charge on any atom is -0.487 e. The van der Waals surface area contributed by atoms with Crippen LogP contribution in [0.4, 0.5) is 23.4 Å². The van der Waals surface area contributed by atoms with E-state index >= 15 is 0 Å². The Kier molecular flexibility index (Phi) is 4.48. The van der Waals surface area contributed by atoms with Crippen LogP contribution < -0.4 is 10.5 Å². The molecule has 0 radical (unpaired) electrons. The first-order valence-corrected chi connectivity index (χ1v) is 10.8.